The summed E-state index contributed by atoms with van der Waals surface area (Å²) < 4.78 is 0. The first-order valence-electron chi connectivity index (χ1n) is 7.32. The van der Waals surface area contributed by atoms with Crippen molar-refractivity contribution in [2.75, 3.05) is 52.4 Å². The minimum atomic E-state index is -0.910. The Morgan fingerprint density at radius 1 is 0.955 bits per heavy atom. The molecule has 1 heterocycles. The summed E-state index contributed by atoms with van der Waals surface area (Å²) in [7, 11) is 0. The van der Waals surface area contributed by atoms with Crippen LogP contribution >= 0.6 is 0 Å². The predicted octanol–water partition coefficient (Wildman–Crippen LogP) is -1.65. The number of carbonyl (C=O) groups is 4. The lowest BCUT2D eigenvalue weighted by molar-refractivity contribution is -0.138. The summed E-state index contributed by atoms with van der Waals surface area (Å²) in [4.78, 5) is 49.0. The number of aliphatic carboxylic acids is 1. The van der Waals surface area contributed by atoms with Crippen LogP contribution in [-0.4, -0.2) is 103 Å². The number of aldehydes is 3. The van der Waals surface area contributed by atoms with Crippen LogP contribution in [0.5, 0.6) is 0 Å². The monoisotopic (exact) mass is 313 g/mol. The normalized spacial score (nSPS) is 22.3. The molecule has 0 bridgehead atoms. The van der Waals surface area contributed by atoms with E-state index in [9.17, 15) is 19.2 Å². The summed E-state index contributed by atoms with van der Waals surface area (Å²) in [5.41, 5.74) is 0. The van der Waals surface area contributed by atoms with Crippen molar-refractivity contribution >= 4 is 24.8 Å². The SMILES string of the molecule is O=CCC1CN(CC=O)CCN(CC(=O)O)CCN1CC=O. The second-order valence-corrected chi connectivity index (χ2v) is 5.31. The lowest BCUT2D eigenvalue weighted by atomic mass is 10.1. The van der Waals surface area contributed by atoms with E-state index in [0.717, 1.165) is 18.9 Å². The fourth-order valence-corrected chi connectivity index (χ4v) is 2.64. The van der Waals surface area contributed by atoms with Gasteiger partial charge in [0.25, 0.3) is 0 Å². The predicted molar refractivity (Wildman–Crippen MR) is 78.7 cm³/mol. The maximum absolute atomic E-state index is 10.9. The first-order valence-corrected chi connectivity index (χ1v) is 7.32. The molecule has 8 nitrogen and oxygen atoms in total. The lowest BCUT2D eigenvalue weighted by Crippen LogP contribution is -2.46. The number of hydrogen-bond donors (Lipinski definition) is 1. The van der Waals surface area contributed by atoms with Gasteiger partial charge in [-0.15, -0.1) is 0 Å². The number of carboxylic acid groups (broad SMARTS) is 1. The number of rotatable bonds is 8. The molecule has 0 amide bonds. The van der Waals surface area contributed by atoms with Gasteiger partial charge in [0.2, 0.25) is 0 Å². The molecule has 0 aromatic carbocycles. The van der Waals surface area contributed by atoms with Crippen molar-refractivity contribution < 1.29 is 24.3 Å². The van der Waals surface area contributed by atoms with E-state index in [-0.39, 0.29) is 32.1 Å². The van der Waals surface area contributed by atoms with Crippen molar-refractivity contribution in [1.29, 1.82) is 0 Å². The molecule has 8 heteroatoms. The van der Waals surface area contributed by atoms with Crippen LogP contribution in [0.25, 0.3) is 0 Å². The molecule has 0 aromatic heterocycles. The molecule has 0 aliphatic carbocycles. The number of carboxylic acids is 1. The molecule has 1 saturated heterocycles. The third-order valence-corrected chi connectivity index (χ3v) is 3.79. The highest BCUT2D eigenvalue weighted by Gasteiger charge is 2.24. The third kappa shape index (κ3) is 6.42. The topological polar surface area (TPSA) is 98.2 Å². The molecule has 1 rings (SSSR count). The van der Waals surface area contributed by atoms with E-state index in [1.807, 2.05) is 9.80 Å². The summed E-state index contributed by atoms with van der Waals surface area (Å²) in [6, 6.07) is -0.146. The molecule has 124 valence electrons. The summed E-state index contributed by atoms with van der Waals surface area (Å²) in [5, 5.41) is 8.95. The molecule has 0 saturated carbocycles. The molecule has 0 spiro atoms. The van der Waals surface area contributed by atoms with Gasteiger partial charge in [-0.3, -0.25) is 19.5 Å². The Morgan fingerprint density at radius 2 is 1.59 bits per heavy atom. The number of nitrogens with zero attached hydrogens (tertiary/aromatic N) is 3. The van der Waals surface area contributed by atoms with Gasteiger partial charge in [-0.2, -0.15) is 0 Å². The number of hydrogen-bond acceptors (Lipinski definition) is 7. The summed E-state index contributed by atoms with van der Waals surface area (Å²) >= 11 is 0. The smallest absolute Gasteiger partial charge is 0.317 e. The molecule has 1 N–H and O–H groups in total. The summed E-state index contributed by atoms with van der Waals surface area (Å²) in [6.07, 6.45) is 2.67. The van der Waals surface area contributed by atoms with Gasteiger partial charge < -0.3 is 19.5 Å². The maximum atomic E-state index is 10.9. The highest BCUT2D eigenvalue weighted by molar-refractivity contribution is 5.69. The van der Waals surface area contributed by atoms with Crippen LogP contribution in [0.3, 0.4) is 0 Å². The molecular weight excluding hydrogens is 290 g/mol. The molecular formula is C14H23N3O5. The molecule has 0 radical (unpaired) electrons. The maximum Gasteiger partial charge on any atom is 0.317 e. The first-order chi connectivity index (χ1) is 10.6. The Bertz CT molecular complexity index is 391. The Morgan fingerprint density at radius 3 is 2.18 bits per heavy atom. The van der Waals surface area contributed by atoms with Gasteiger partial charge in [-0.1, -0.05) is 0 Å². The van der Waals surface area contributed by atoms with Crippen molar-refractivity contribution in [2.24, 2.45) is 0 Å². The molecule has 1 fully saturated rings. The van der Waals surface area contributed by atoms with Crippen molar-refractivity contribution in [3.05, 3.63) is 0 Å². The molecule has 1 aliphatic heterocycles. The second-order valence-electron chi connectivity index (χ2n) is 5.31. The van der Waals surface area contributed by atoms with Gasteiger partial charge in [0, 0.05) is 45.2 Å². The zero-order valence-electron chi connectivity index (χ0n) is 12.6. The molecule has 1 unspecified atom stereocenters. The third-order valence-electron chi connectivity index (χ3n) is 3.79. The quantitative estimate of drug-likeness (QED) is 0.532. The van der Waals surface area contributed by atoms with Crippen molar-refractivity contribution in [3.63, 3.8) is 0 Å². The second kappa shape index (κ2) is 10.1. The minimum absolute atomic E-state index is 0.0811. The van der Waals surface area contributed by atoms with E-state index >= 15 is 0 Å². The van der Waals surface area contributed by atoms with Crippen LogP contribution in [0.1, 0.15) is 6.42 Å². The average molecular weight is 313 g/mol. The van der Waals surface area contributed by atoms with Crippen LogP contribution in [-0.2, 0) is 19.2 Å². The molecule has 0 aromatic rings. The standard InChI is InChI=1S/C14H23N3O5/c18-8-1-13-11-16(6-9-19)3-2-15(12-14(21)22)4-5-17(13)7-10-20/h8-10,13H,1-7,11-12H2,(H,21,22). The van der Waals surface area contributed by atoms with Crippen molar-refractivity contribution in [3.8, 4) is 0 Å². The Kier molecular flexibility index (Phi) is 8.49. The van der Waals surface area contributed by atoms with Gasteiger partial charge >= 0.3 is 5.97 Å². The van der Waals surface area contributed by atoms with Crippen LogP contribution in [0, 0.1) is 0 Å². The zero-order chi connectivity index (χ0) is 16.4. The largest absolute Gasteiger partial charge is 0.480 e. The van der Waals surface area contributed by atoms with E-state index in [1.54, 1.807) is 4.90 Å². The average Bonchev–Trinajstić information content (AvgIpc) is 2.53. The van der Waals surface area contributed by atoms with E-state index in [2.05, 4.69) is 0 Å². The fourth-order valence-electron chi connectivity index (χ4n) is 2.64. The van der Waals surface area contributed by atoms with Crippen LogP contribution in [0.4, 0.5) is 0 Å². The molecule has 1 atom stereocenters. The van der Waals surface area contributed by atoms with Gasteiger partial charge in [-0.05, 0) is 0 Å². The van der Waals surface area contributed by atoms with Crippen LogP contribution < -0.4 is 0 Å². The van der Waals surface area contributed by atoms with E-state index in [0.29, 0.717) is 32.7 Å². The zero-order valence-corrected chi connectivity index (χ0v) is 12.6. The highest BCUT2D eigenvalue weighted by atomic mass is 16.4. The van der Waals surface area contributed by atoms with E-state index in [1.165, 1.54) is 0 Å². The van der Waals surface area contributed by atoms with Gasteiger partial charge in [-0.25, -0.2) is 0 Å². The summed E-state index contributed by atoms with van der Waals surface area (Å²) in [6.45, 7) is 2.94. The molecule has 22 heavy (non-hydrogen) atoms. The Labute approximate surface area is 129 Å². The van der Waals surface area contributed by atoms with Crippen molar-refractivity contribution in [2.45, 2.75) is 12.5 Å². The Hall–Kier alpha value is -1.64. The summed E-state index contributed by atoms with van der Waals surface area (Å²) in [5.74, 6) is -0.910. The van der Waals surface area contributed by atoms with E-state index < -0.39 is 5.97 Å². The highest BCUT2D eigenvalue weighted by Crippen LogP contribution is 2.09. The first kappa shape index (κ1) is 18.4. The molecule has 1 aliphatic rings. The lowest BCUT2D eigenvalue weighted by Gasteiger charge is -2.31. The van der Waals surface area contributed by atoms with E-state index in [4.69, 9.17) is 5.11 Å². The van der Waals surface area contributed by atoms with Crippen LogP contribution in [0.15, 0.2) is 0 Å². The van der Waals surface area contributed by atoms with Gasteiger partial charge in [0.05, 0.1) is 19.6 Å². The van der Waals surface area contributed by atoms with Crippen molar-refractivity contribution in [1.82, 2.24) is 14.7 Å². The van der Waals surface area contributed by atoms with Gasteiger partial charge in [0.1, 0.15) is 18.9 Å². The van der Waals surface area contributed by atoms with Gasteiger partial charge in [0.15, 0.2) is 0 Å². The Balaban J connectivity index is 2.86. The minimum Gasteiger partial charge on any atom is -0.480 e. The van der Waals surface area contributed by atoms with Crippen LogP contribution in [0.2, 0.25) is 0 Å². The fraction of sp³-hybridized carbons (Fsp3) is 0.714. The number of carbonyl (C=O) groups excluding carboxylic acids is 3.